The maximum Gasteiger partial charge on any atom is 0.328 e. The van der Waals surface area contributed by atoms with Gasteiger partial charge in [-0.25, -0.2) is 4.79 Å². The molecule has 1 amide bonds. The Morgan fingerprint density at radius 2 is 1.83 bits per heavy atom. The van der Waals surface area contributed by atoms with E-state index in [2.05, 4.69) is 10.1 Å². The first-order valence-electron chi connectivity index (χ1n) is 6.39. The second kappa shape index (κ2) is 8.08. The van der Waals surface area contributed by atoms with Gasteiger partial charge in [-0.15, -0.1) is 0 Å². The Morgan fingerprint density at radius 1 is 1.28 bits per heavy atom. The molecule has 0 bridgehead atoms. The molecule has 106 valence electrons. The van der Waals surface area contributed by atoms with Crippen molar-refractivity contribution in [2.45, 2.75) is 52.7 Å². The standard InChI is InChI=1S/C13H25NO4/c1-6-9(4)11(13(17)18-5)14-12(16)10(15)7-8(2)3/h8-11,15H,6-7H2,1-5H3,(H,14,16)/t9-,10-,11+/m0/s1. The number of carbonyl (C=O) groups excluding carboxylic acids is 2. The minimum absolute atomic E-state index is 0.0346. The zero-order valence-corrected chi connectivity index (χ0v) is 11.9. The summed E-state index contributed by atoms with van der Waals surface area (Å²) in [5.41, 5.74) is 0. The number of rotatable bonds is 7. The second-order valence-electron chi connectivity index (χ2n) is 5.04. The number of ether oxygens (including phenoxy) is 1. The van der Waals surface area contributed by atoms with E-state index in [0.717, 1.165) is 6.42 Å². The fourth-order valence-corrected chi connectivity index (χ4v) is 1.60. The van der Waals surface area contributed by atoms with Crippen molar-refractivity contribution in [3.05, 3.63) is 0 Å². The Bertz CT molecular complexity index is 278. The highest BCUT2D eigenvalue weighted by molar-refractivity contribution is 5.86. The molecule has 0 aromatic carbocycles. The molecular weight excluding hydrogens is 234 g/mol. The molecule has 0 aliphatic rings. The van der Waals surface area contributed by atoms with Crippen LogP contribution >= 0.6 is 0 Å². The van der Waals surface area contributed by atoms with Crippen LogP contribution in [0, 0.1) is 11.8 Å². The van der Waals surface area contributed by atoms with Crippen LogP contribution in [0.25, 0.3) is 0 Å². The minimum Gasteiger partial charge on any atom is -0.467 e. The van der Waals surface area contributed by atoms with Gasteiger partial charge in [0.05, 0.1) is 7.11 Å². The highest BCUT2D eigenvalue weighted by Crippen LogP contribution is 2.11. The van der Waals surface area contributed by atoms with Crippen molar-refractivity contribution >= 4 is 11.9 Å². The van der Waals surface area contributed by atoms with Gasteiger partial charge in [-0.3, -0.25) is 4.79 Å². The van der Waals surface area contributed by atoms with Crippen molar-refractivity contribution < 1.29 is 19.4 Å². The van der Waals surface area contributed by atoms with Crippen molar-refractivity contribution in [3.8, 4) is 0 Å². The zero-order chi connectivity index (χ0) is 14.3. The van der Waals surface area contributed by atoms with Crippen molar-refractivity contribution in [2.24, 2.45) is 11.8 Å². The molecule has 0 aromatic heterocycles. The third-order valence-electron chi connectivity index (χ3n) is 2.96. The van der Waals surface area contributed by atoms with Crippen LogP contribution in [0.15, 0.2) is 0 Å². The molecule has 0 aliphatic carbocycles. The first-order chi connectivity index (χ1) is 8.33. The highest BCUT2D eigenvalue weighted by atomic mass is 16.5. The lowest BCUT2D eigenvalue weighted by atomic mass is 9.98. The molecule has 5 heteroatoms. The maximum atomic E-state index is 11.8. The predicted molar refractivity (Wildman–Crippen MR) is 68.9 cm³/mol. The Morgan fingerprint density at radius 3 is 2.22 bits per heavy atom. The van der Waals surface area contributed by atoms with Gasteiger partial charge in [0.1, 0.15) is 12.1 Å². The van der Waals surface area contributed by atoms with E-state index in [-0.39, 0.29) is 11.8 Å². The van der Waals surface area contributed by atoms with E-state index in [4.69, 9.17) is 0 Å². The van der Waals surface area contributed by atoms with Gasteiger partial charge < -0.3 is 15.2 Å². The molecule has 0 spiro atoms. The first kappa shape index (κ1) is 16.9. The summed E-state index contributed by atoms with van der Waals surface area (Å²) in [5, 5.41) is 12.2. The topological polar surface area (TPSA) is 75.6 Å². The molecule has 0 aromatic rings. The van der Waals surface area contributed by atoms with Crippen LogP contribution in [-0.4, -0.2) is 36.2 Å². The molecule has 0 radical (unpaired) electrons. The molecule has 3 atom stereocenters. The fraction of sp³-hybridized carbons (Fsp3) is 0.846. The van der Waals surface area contributed by atoms with Gasteiger partial charge in [0.2, 0.25) is 5.91 Å². The Hall–Kier alpha value is -1.10. The third kappa shape index (κ3) is 5.49. The molecular formula is C13H25NO4. The summed E-state index contributed by atoms with van der Waals surface area (Å²) < 4.78 is 4.66. The largest absolute Gasteiger partial charge is 0.467 e. The molecule has 0 fully saturated rings. The van der Waals surface area contributed by atoms with Crippen molar-refractivity contribution in [2.75, 3.05) is 7.11 Å². The Balaban J connectivity index is 4.58. The smallest absolute Gasteiger partial charge is 0.328 e. The van der Waals surface area contributed by atoms with Crippen molar-refractivity contribution in [3.63, 3.8) is 0 Å². The Kier molecular flexibility index (Phi) is 7.59. The number of hydrogen-bond donors (Lipinski definition) is 2. The highest BCUT2D eigenvalue weighted by Gasteiger charge is 2.29. The number of methoxy groups -OCH3 is 1. The molecule has 0 saturated carbocycles. The maximum absolute atomic E-state index is 11.8. The minimum atomic E-state index is -1.08. The van der Waals surface area contributed by atoms with Gasteiger partial charge in [-0.1, -0.05) is 34.1 Å². The van der Waals surface area contributed by atoms with Crippen LogP contribution in [0.2, 0.25) is 0 Å². The molecule has 2 N–H and O–H groups in total. The monoisotopic (exact) mass is 259 g/mol. The first-order valence-corrected chi connectivity index (χ1v) is 6.39. The summed E-state index contributed by atoms with van der Waals surface area (Å²) in [6.45, 7) is 7.62. The number of aliphatic hydroxyl groups is 1. The van der Waals surface area contributed by atoms with Gasteiger partial charge in [-0.05, 0) is 18.3 Å². The summed E-state index contributed by atoms with van der Waals surface area (Å²) in [7, 11) is 1.29. The van der Waals surface area contributed by atoms with Crippen LogP contribution in [0.4, 0.5) is 0 Å². The second-order valence-corrected chi connectivity index (χ2v) is 5.04. The lowest BCUT2D eigenvalue weighted by Gasteiger charge is -2.23. The van der Waals surface area contributed by atoms with Gasteiger partial charge in [-0.2, -0.15) is 0 Å². The van der Waals surface area contributed by atoms with Crippen molar-refractivity contribution in [1.29, 1.82) is 0 Å². The summed E-state index contributed by atoms with van der Waals surface area (Å²) in [4.78, 5) is 23.3. The van der Waals surface area contributed by atoms with Gasteiger partial charge in [0.25, 0.3) is 0 Å². The van der Waals surface area contributed by atoms with E-state index in [1.165, 1.54) is 7.11 Å². The van der Waals surface area contributed by atoms with E-state index >= 15 is 0 Å². The van der Waals surface area contributed by atoms with Crippen LogP contribution in [0.3, 0.4) is 0 Å². The Labute approximate surface area is 109 Å². The SMILES string of the molecule is CC[C@H](C)[C@@H](NC(=O)[C@@H](O)CC(C)C)C(=O)OC. The molecule has 5 nitrogen and oxygen atoms in total. The number of hydrogen-bond acceptors (Lipinski definition) is 4. The average Bonchev–Trinajstić information content (AvgIpc) is 2.32. The molecule has 0 aliphatic heterocycles. The van der Waals surface area contributed by atoms with E-state index < -0.39 is 24.0 Å². The summed E-state index contributed by atoms with van der Waals surface area (Å²) >= 11 is 0. The number of carbonyl (C=O) groups is 2. The number of aliphatic hydroxyl groups excluding tert-OH is 1. The molecule has 18 heavy (non-hydrogen) atoms. The summed E-state index contributed by atoms with van der Waals surface area (Å²) in [5.74, 6) is -0.813. The number of nitrogens with one attached hydrogen (secondary N) is 1. The molecule has 0 unspecified atom stereocenters. The van der Waals surface area contributed by atoms with Crippen molar-refractivity contribution in [1.82, 2.24) is 5.32 Å². The summed E-state index contributed by atoms with van der Waals surface area (Å²) in [6, 6.07) is -0.700. The fourth-order valence-electron chi connectivity index (χ4n) is 1.60. The average molecular weight is 259 g/mol. The molecule has 0 rings (SSSR count). The zero-order valence-electron chi connectivity index (χ0n) is 11.9. The van der Waals surface area contributed by atoms with E-state index in [1.807, 2.05) is 27.7 Å². The van der Waals surface area contributed by atoms with Gasteiger partial charge in [0.15, 0.2) is 0 Å². The predicted octanol–water partition coefficient (Wildman–Crippen LogP) is 1.10. The van der Waals surface area contributed by atoms with Crippen LogP contribution < -0.4 is 5.32 Å². The quantitative estimate of drug-likeness (QED) is 0.671. The number of esters is 1. The third-order valence-corrected chi connectivity index (χ3v) is 2.96. The molecule has 0 heterocycles. The van der Waals surface area contributed by atoms with Crippen LogP contribution in [0.1, 0.15) is 40.5 Å². The normalized spacial score (nSPS) is 15.9. The van der Waals surface area contributed by atoms with Crippen LogP contribution in [0.5, 0.6) is 0 Å². The summed E-state index contributed by atoms with van der Waals surface area (Å²) in [6.07, 6.45) is 0.0295. The lowest BCUT2D eigenvalue weighted by Crippen LogP contribution is -2.49. The lowest BCUT2D eigenvalue weighted by molar-refractivity contribution is -0.148. The molecule has 0 saturated heterocycles. The van der Waals surface area contributed by atoms with E-state index in [1.54, 1.807) is 0 Å². The number of amides is 1. The van der Waals surface area contributed by atoms with Gasteiger partial charge >= 0.3 is 5.97 Å². The van der Waals surface area contributed by atoms with E-state index in [9.17, 15) is 14.7 Å². The van der Waals surface area contributed by atoms with Gasteiger partial charge in [0, 0.05) is 0 Å². The van der Waals surface area contributed by atoms with E-state index in [0.29, 0.717) is 6.42 Å². The van der Waals surface area contributed by atoms with Crippen LogP contribution in [-0.2, 0) is 14.3 Å².